The normalized spacial score (nSPS) is 8.20. The van der Waals surface area contributed by atoms with E-state index in [4.69, 9.17) is 0 Å². The van der Waals surface area contributed by atoms with Crippen LogP contribution in [0.15, 0.2) is 22.9 Å². The molecule has 3 heteroatoms. The monoisotopic (exact) mass is 259 g/mol. The SMILES string of the molecule is BrC#Cc1ccc(Br)nc1. The lowest BCUT2D eigenvalue weighted by atomic mass is 10.3. The Hall–Kier alpha value is -0.330. The Morgan fingerprint density at radius 3 is 2.70 bits per heavy atom. The van der Waals surface area contributed by atoms with Gasteiger partial charge in [-0.2, -0.15) is 0 Å². The van der Waals surface area contributed by atoms with Crippen molar-refractivity contribution in [3.63, 3.8) is 0 Å². The van der Waals surface area contributed by atoms with Crippen LogP contribution in [-0.2, 0) is 0 Å². The molecule has 0 aliphatic heterocycles. The van der Waals surface area contributed by atoms with E-state index < -0.39 is 0 Å². The highest BCUT2D eigenvalue weighted by Crippen LogP contribution is 2.04. The Labute approximate surface area is 76.1 Å². The van der Waals surface area contributed by atoms with Crippen LogP contribution < -0.4 is 0 Å². The van der Waals surface area contributed by atoms with Crippen LogP contribution in [-0.4, -0.2) is 4.98 Å². The van der Waals surface area contributed by atoms with Crippen molar-refractivity contribution in [2.75, 3.05) is 0 Å². The molecule has 0 bridgehead atoms. The summed E-state index contributed by atoms with van der Waals surface area (Å²) in [4.78, 5) is 6.60. The van der Waals surface area contributed by atoms with Gasteiger partial charge in [0.05, 0.1) is 0 Å². The smallest absolute Gasteiger partial charge is 0.106 e. The number of rotatable bonds is 0. The Morgan fingerprint density at radius 2 is 2.20 bits per heavy atom. The molecule has 1 heterocycles. The average molecular weight is 261 g/mol. The summed E-state index contributed by atoms with van der Waals surface area (Å²) in [5.74, 6) is 2.82. The zero-order valence-electron chi connectivity index (χ0n) is 4.94. The van der Waals surface area contributed by atoms with E-state index in [0.717, 1.165) is 10.2 Å². The Bertz CT molecular complexity index is 268. The van der Waals surface area contributed by atoms with Gasteiger partial charge in [-0.15, -0.1) is 0 Å². The van der Waals surface area contributed by atoms with E-state index in [1.54, 1.807) is 6.20 Å². The van der Waals surface area contributed by atoms with Crippen LogP contribution in [0.3, 0.4) is 0 Å². The van der Waals surface area contributed by atoms with Crippen LogP contribution in [0.4, 0.5) is 0 Å². The molecule has 10 heavy (non-hydrogen) atoms. The molecule has 0 aliphatic carbocycles. The van der Waals surface area contributed by atoms with E-state index in [0.29, 0.717) is 0 Å². The standard InChI is InChI=1S/C7H3Br2N/c8-4-3-6-1-2-7(9)10-5-6/h1-2,5H. The topological polar surface area (TPSA) is 12.9 Å². The second-order valence-electron chi connectivity index (χ2n) is 1.59. The third kappa shape index (κ3) is 2.13. The van der Waals surface area contributed by atoms with Crippen LogP contribution in [0.2, 0.25) is 0 Å². The zero-order chi connectivity index (χ0) is 7.40. The molecule has 0 saturated carbocycles. The molecule has 1 rings (SSSR count). The Morgan fingerprint density at radius 1 is 1.40 bits per heavy atom. The van der Waals surface area contributed by atoms with Gasteiger partial charge in [-0.25, -0.2) is 4.98 Å². The van der Waals surface area contributed by atoms with Gasteiger partial charge in [0, 0.05) is 27.7 Å². The molecule has 0 radical (unpaired) electrons. The molecule has 0 N–H and O–H groups in total. The van der Waals surface area contributed by atoms with Crippen LogP contribution in [0.25, 0.3) is 0 Å². The van der Waals surface area contributed by atoms with Crippen LogP contribution >= 0.6 is 31.9 Å². The molecule has 1 aromatic rings. The van der Waals surface area contributed by atoms with Crippen molar-refractivity contribution in [3.05, 3.63) is 28.5 Å². The van der Waals surface area contributed by atoms with Gasteiger partial charge in [0.1, 0.15) is 4.60 Å². The fourth-order valence-corrected chi connectivity index (χ4v) is 0.968. The van der Waals surface area contributed by atoms with Crippen molar-refractivity contribution in [2.24, 2.45) is 0 Å². The zero-order valence-corrected chi connectivity index (χ0v) is 8.11. The molecule has 1 aromatic heterocycles. The summed E-state index contributed by atoms with van der Waals surface area (Å²) in [6, 6.07) is 3.75. The van der Waals surface area contributed by atoms with Gasteiger partial charge in [-0.1, -0.05) is 5.92 Å². The van der Waals surface area contributed by atoms with E-state index in [-0.39, 0.29) is 0 Å². The van der Waals surface area contributed by atoms with Crippen molar-refractivity contribution in [3.8, 4) is 10.8 Å². The maximum Gasteiger partial charge on any atom is 0.106 e. The van der Waals surface area contributed by atoms with Crippen molar-refractivity contribution < 1.29 is 0 Å². The van der Waals surface area contributed by atoms with Gasteiger partial charge >= 0.3 is 0 Å². The number of nitrogens with zero attached hydrogens (tertiary/aromatic N) is 1. The first-order chi connectivity index (χ1) is 4.83. The summed E-state index contributed by atoms with van der Waals surface area (Å²) >= 11 is 6.23. The molecule has 0 spiro atoms. The van der Waals surface area contributed by atoms with E-state index >= 15 is 0 Å². The number of aromatic nitrogens is 1. The number of hydrogen-bond donors (Lipinski definition) is 0. The van der Waals surface area contributed by atoms with Crippen LogP contribution in [0, 0.1) is 10.8 Å². The van der Waals surface area contributed by atoms with Gasteiger partial charge in [0.15, 0.2) is 0 Å². The first-order valence-electron chi connectivity index (χ1n) is 2.56. The number of pyridine rings is 1. The molecule has 0 aliphatic rings. The van der Waals surface area contributed by atoms with Crippen molar-refractivity contribution >= 4 is 31.9 Å². The summed E-state index contributed by atoms with van der Waals surface area (Å²) in [5.41, 5.74) is 0.903. The minimum absolute atomic E-state index is 0.827. The Balaban J connectivity index is 2.97. The predicted octanol–water partition coefficient (Wildman–Crippen LogP) is 2.55. The Kier molecular flexibility index (Phi) is 2.91. The maximum atomic E-state index is 3.99. The molecular weight excluding hydrogens is 258 g/mol. The number of halogens is 2. The first kappa shape index (κ1) is 7.77. The molecule has 0 fully saturated rings. The molecule has 0 amide bonds. The highest BCUT2D eigenvalue weighted by atomic mass is 79.9. The summed E-state index contributed by atoms with van der Waals surface area (Å²) in [6.07, 6.45) is 1.71. The van der Waals surface area contributed by atoms with Gasteiger partial charge in [-0.05, 0) is 32.9 Å². The van der Waals surface area contributed by atoms with E-state index in [1.807, 2.05) is 12.1 Å². The highest BCUT2D eigenvalue weighted by molar-refractivity contribution is 9.12. The third-order valence-corrected chi connectivity index (χ3v) is 1.59. The molecular formula is C7H3Br2N. The second kappa shape index (κ2) is 3.75. The fraction of sp³-hybridized carbons (Fsp3) is 0. The van der Waals surface area contributed by atoms with Crippen molar-refractivity contribution in [2.45, 2.75) is 0 Å². The lowest BCUT2D eigenvalue weighted by Gasteiger charge is -1.87. The summed E-state index contributed by atoms with van der Waals surface area (Å²) < 4.78 is 0.827. The summed E-state index contributed by atoms with van der Waals surface area (Å²) in [5, 5.41) is 0. The largest absolute Gasteiger partial charge is 0.248 e. The van der Waals surface area contributed by atoms with Gasteiger partial charge in [0.2, 0.25) is 0 Å². The number of hydrogen-bond acceptors (Lipinski definition) is 1. The lowest BCUT2D eigenvalue weighted by Crippen LogP contribution is -1.76. The van der Waals surface area contributed by atoms with E-state index in [1.165, 1.54) is 0 Å². The third-order valence-electron chi connectivity index (χ3n) is 0.919. The molecule has 0 saturated heterocycles. The first-order valence-corrected chi connectivity index (χ1v) is 4.15. The van der Waals surface area contributed by atoms with Gasteiger partial charge in [0.25, 0.3) is 0 Å². The lowest BCUT2D eigenvalue weighted by molar-refractivity contribution is 1.26. The minimum atomic E-state index is 0.827. The van der Waals surface area contributed by atoms with Crippen LogP contribution in [0.1, 0.15) is 5.56 Å². The quantitative estimate of drug-likeness (QED) is 0.516. The van der Waals surface area contributed by atoms with Crippen molar-refractivity contribution in [1.29, 1.82) is 0 Å². The van der Waals surface area contributed by atoms with E-state index in [2.05, 4.69) is 47.6 Å². The summed E-state index contributed by atoms with van der Waals surface area (Å²) in [6.45, 7) is 0. The van der Waals surface area contributed by atoms with Crippen molar-refractivity contribution in [1.82, 2.24) is 4.98 Å². The molecule has 0 unspecified atom stereocenters. The maximum absolute atomic E-state index is 3.99. The summed E-state index contributed by atoms with van der Waals surface area (Å²) in [7, 11) is 0. The van der Waals surface area contributed by atoms with Crippen LogP contribution in [0.5, 0.6) is 0 Å². The second-order valence-corrected chi connectivity index (χ2v) is 2.80. The minimum Gasteiger partial charge on any atom is -0.248 e. The van der Waals surface area contributed by atoms with Gasteiger partial charge < -0.3 is 0 Å². The molecule has 1 nitrogen and oxygen atoms in total. The fourth-order valence-electron chi connectivity index (χ4n) is 0.504. The molecule has 50 valence electrons. The average Bonchev–Trinajstić information content (AvgIpc) is 1.95. The molecule has 0 atom stereocenters. The molecule has 0 aromatic carbocycles. The van der Waals surface area contributed by atoms with E-state index in [9.17, 15) is 0 Å². The van der Waals surface area contributed by atoms with Gasteiger partial charge in [-0.3, -0.25) is 0 Å². The highest BCUT2D eigenvalue weighted by Gasteiger charge is 1.86. The predicted molar refractivity (Wildman–Crippen MR) is 47.7 cm³/mol.